The van der Waals surface area contributed by atoms with E-state index >= 15 is 0 Å². The molecule has 124 valence electrons. The van der Waals surface area contributed by atoms with Crippen molar-refractivity contribution in [3.05, 3.63) is 47.5 Å². The molecule has 2 nitrogen and oxygen atoms in total. The molecule has 2 heteroatoms. The van der Waals surface area contributed by atoms with E-state index in [0.29, 0.717) is 17.9 Å². The van der Waals surface area contributed by atoms with E-state index in [0.717, 1.165) is 24.8 Å². The predicted octanol–water partition coefficient (Wildman–Crippen LogP) is 5.53. The summed E-state index contributed by atoms with van der Waals surface area (Å²) in [6.45, 7) is 2.11. The van der Waals surface area contributed by atoms with Crippen LogP contribution in [0, 0.1) is 5.92 Å². The van der Waals surface area contributed by atoms with Gasteiger partial charge >= 0.3 is 0 Å². The molecule has 1 saturated carbocycles. The summed E-state index contributed by atoms with van der Waals surface area (Å²) in [6.07, 6.45) is 11.1. The second-order valence-electron chi connectivity index (χ2n) is 6.63. The summed E-state index contributed by atoms with van der Waals surface area (Å²) >= 11 is 0. The van der Waals surface area contributed by atoms with Crippen molar-refractivity contribution < 1.29 is 9.59 Å². The third-order valence-electron chi connectivity index (χ3n) is 4.72. The zero-order chi connectivity index (χ0) is 16.5. The van der Waals surface area contributed by atoms with Gasteiger partial charge in [0.1, 0.15) is 0 Å². The van der Waals surface area contributed by atoms with Gasteiger partial charge in [0, 0.05) is 12.0 Å². The highest BCUT2D eigenvalue weighted by molar-refractivity contribution is 6.10. The number of ketones is 2. The minimum absolute atomic E-state index is 0.0475. The average molecular weight is 312 g/mol. The zero-order valence-corrected chi connectivity index (χ0v) is 14.2. The van der Waals surface area contributed by atoms with Gasteiger partial charge in [-0.25, -0.2) is 0 Å². The van der Waals surface area contributed by atoms with Crippen LogP contribution < -0.4 is 0 Å². The second-order valence-corrected chi connectivity index (χ2v) is 6.63. The van der Waals surface area contributed by atoms with Gasteiger partial charge < -0.3 is 0 Å². The highest BCUT2D eigenvalue weighted by Crippen LogP contribution is 2.28. The van der Waals surface area contributed by atoms with Gasteiger partial charge in [0.25, 0.3) is 0 Å². The molecule has 1 aromatic carbocycles. The Labute approximate surface area is 140 Å². The molecule has 2 rings (SSSR count). The van der Waals surface area contributed by atoms with Gasteiger partial charge in [-0.15, -0.1) is 0 Å². The molecule has 1 aliphatic carbocycles. The molecule has 0 N–H and O–H groups in total. The maximum absolute atomic E-state index is 12.7. The maximum atomic E-state index is 12.7. The highest BCUT2D eigenvalue weighted by Gasteiger charge is 2.20. The van der Waals surface area contributed by atoms with Crippen LogP contribution in [0.5, 0.6) is 0 Å². The fourth-order valence-corrected chi connectivity index (χ4v) is 3.29. The summed E-state index contributed by atoms with van der Waals surface area (Å²) < 4.78 is 0. The molecule has 0 aliphatic heterocycles. The molecule has 0 heterocycles. The molecule has 23 heavy (non-hydrogen) atoms. The Morgan fingerprint density at radius 2 is 1.78 bits per heavy atom. The van der Waals surface area contributed by atoms with Crippen LogP contribution in [0.1, 0.15) is 75.1 Å². The third-order valence-corrected chi connectivity index (χ3v) is 4.72. The number of unbranched alkanes of at least 4 members (excludes halogenated alkanes) is 1. The van der Waals surface area contributed by atoms with Gasteiger partial charge in [-0.3, -0.25) is 9.59 Å². The van der Waals surface area contributed by atoms with Crippen molar-refractivity contribution in [1.29, 1.82) is 0 Å². The third kappa shape index (κ3) is 5.78. The predicted molar refractivity (Wildman–Crippen MR) is 94.6 cm³/mol. The number of allylic oxidation sites excluding steroid dienone is 2. The van der Waals surface area contributed by atoms with Crippen LogP contribution in [0.4, 0.5) is 0 Å². The van der Waals surface area contributed by atoms with E-state index in [1.165, 1.54) is 32.1 Å². The molecular weight excluding hydrogens is 284 g/mol. The minimum Gasteiger partial charge on any atom is -0.295 e. The molecule has 1 aliphatic rings. The molecular formula is C21H28O2. The number of carbonyl (C=O) groups is 2. The summed E-state index contributed by atoms with van der Waals surface area (Å²) in [4.78, 5) is 25.0. The number of hydrogen-bond donors (Lipinski definition) is 0. The lowest BCUT2D eigenvalue weighted by atomic mass is 9.84. The van der Waals surface area contributed by atoms with E-state index in [1.54, 1.807) is 6.08 Å². The molecule has 1 fully saturated rings. The lowest BCUT2D eigenvalue weighted by Gasteiger charge is -2.21. The molecule has 0 bridgehead atoms. The Kier molecular flexibility index (Phi) is 7.25. The van der Waals surface area contributed by atoms with Gasteiger partial charge in [0.15, 0.2) is 11.6 Å². The molecule has 0 spiro atoms. The summed E-state index contributed by atoms with van der Waals surface area (Å²) in [6, 6.07) is 9.23. The van der Waals surface area contributed by atoms with Crippen LogP contribution >= 0.6 is 0 Å². The monoisotopic (exact) mass is 312 g/mol. The molecule has 0 amide bonds. The van der Waals surface area contributed by atoms with Crippen molar-refractivity contribution in [1.82, 2.24) is 0 Å². The van der Waals surface area contributed by atoms with E-state index in [1.807, 2.05) is 30.3 Å². The largest absolute Gasteiger partial charge is 0.295 e. The van der Waals surface area contributed by atoms with Crippen molar-refractivity contribution in [3.63, 3.8) is 0 Å². The van der Waals surface area contributed by atoms with Crippen molar-refractivity contribution in [2.45, 2.75) is 64.7 Å². The van der Waals surface area contributed by atoms with E-state index in [-0.39, 0.29) is 11.6 Å². The molecule has 0 aromatic heterocycles. The van der Waals surface area contributed by atoms with Crippen LogP contribution in [0.2, 0.25) is 0 Å². The molecule has 0 unspecified atom stereocenters. The number of benzene rings is 1. The zero-order valence-electron chi connectivity index (χ0n) is 14.2. The highest BCUT2D eigenvalue weighted by atomic mass is 16.1. The second kappa shape index (κ2) is 9.44. The molecule has 0 atom stereocenters. The lowest BCUT2D eigenvalue weighted by Crippen LogP contribution is -2.14. The quantitative estimate of drug-likeness (QED) is 0.467. The normalized spacial score (nSPS) is 16.3. The number of carbonyl (C=O) groups excluding carboxylic acids is 2. The average Bonchev–Trinajstić information content (AvgIpc) is 2.60. The fraction of sp³-hybridized carbons (Fsp3) is 0.524. The van der Waals surface area contributed by atoms with Crippen LogP contribution in [0.15, 0.2) is 42.0 Å². The summed E-state index contributed by atoms with van der Waals surface area (Å²) in [7, 11) is 0. The van der Waals surface area contributed by atoms with Crippen molar-refractivity contribution in [2.75, 3.05) is 0 Å². The van der Waals surface area contributed by atoms with Crippen LogP contribution in [-0.2, 0) is 4.79 Å². The smallest absolute Gasteiger partial charge is 0.186 e. The SMILES string of the molecule is CCCC/C(=C/C(=O)c1ccccc1)C(=O)CC1CCCCC1. The Bertz CT molecular complexity index is 536. The Morgan fingerprint density at radius 3 is 2.43 bits per heavy atom. The molecule has 0 radical (unpaired) electrons. The number of hydrogen-bond acceptors (Lipinski definition) is 2. The first kappa shape index (κ1) is 17.7. The number of Topliss-reactive ketones (excluding diaryl/α,β-unsaturated/α-hetero) is 1. The summed E-state index contributed by atoms with van der Waals surface area (Å²) in [5, 5.41) is 0. The van der Waals surface area contributed by atoms with Crippen LogP contribution in [0.3, 0.4) is 0 Å². The van der Waals surface area contributed by atoms with Crippen LogP contribution in [-0.4, -0.2) is 11.6 Å². The van der Waals surface area contributed by atoms with E-state index in [2.05, 4.69) is 6.92 Å². The first-order valence-corrected chi connectivity index (χ1v) is 9.04. The van der Waals surface area contributed by atoms with E-state index in [4.69, 9.17) is 0 Å². The van der Waals surface area contributed by atoms with Gasteiger partial charge in [-0.1, -0.05) is 75.8 Å². The fourth-order valence-electron chi connectivity index (χ4n) is 3.29. The first-order chi connectivity index (χ1) is 11.2. The summed E-state index contributed by atoms with van der Waals surface area (Å²) in [5.74, 6) is 0.663. The lowest BCUT2D eigenvalue weighted by molar-refractivity contribution is -0.116. The van der Waals surface area contributed by atoms with E-state index < -0.39 is 0 Å². The van der Waals surface area contributed by atoms with E-state index in [9.17, 15) is 9.59 Å². The van der Waals surface area contributed by atoms with Crippen molar-refractivity contribution in [3.8, 4) is 0 Å². The van der Waals surface area contributed by atoms with Gasteiger partial charge in [-0.2, -0.15) is 0 Å². The van der Waals surface area contributed by atoms with Crippen molar-refractivity contribution >= 4 is 11.6 Å². The van der Waals surface area contributed by atoms with Crippen LogP contribution in [0.25, 0.3) is 0 Å². The van der Waals surface area contributed by atoms with Gasteiger partial charge in [-0.05, 0) is 30.4 Å². The maximum Gasteiger partial charge on any atom is 0.186 e. The van der Waals surface area contributed by atoms with Crippen molar-refractivity contribution in [2.24, 2.45) is 5.92 Å². The molecule has 0 saturated heterocycles. The Morgan fingerprint density at radius 1 is 1.09 bits per heavy atom. The first-order valence-electron chi connectivity index (χ1n) is 9.04. The van der Waals surface area contributed by atoms with Gasteiger partial charge in [0.2, 0.25) is 0 Å². The molecule has 1 aromatic rings. The Balaban J connectivity index is 2.06. The van der Waals surface area contributed by atoms with Gasteiger partial charge in [0.05, 0.1) is 0 Å². The Hall–Kier alpha value is -1.70. The topological polar surface area (TPSA) is 34.1 Å². The number of rotatable bonds is 8. The summed E-state index contributed by atoms with van der Waals surface area (Å²) in [5.41, 5.74) is 1.39. The standard InChI is InChI=1S/C21H28O2/c1-2-3-12-19(16-21(23)18-13-8-5-9-14-18)20(22)15-17-10-6-4-7-11-17/h5,8-9,13-14,16-17H,2-4,6-7,10-12,15H2,1H3/b19-16-. The minimum atomic E-state index is -0.0475.